The highest BCUT2D eigenvalue weighted by Crippen LogP contribution is 2.32. The third-order valence-electron chi connectivity index (χ3n) is 1.35. The molecule has 1 rings (SSSR count). The lowest BCUT2D eigenvalue weighted by atomic mass is 10.2. The van der Waals surface area contributed by atoms with E-state index in [0.717, 1.165) is 0 Å². The Labute approximate surface area is 43.7 Å². The van der Waals surface area contributed by atoms with Crippen LogP contribution in [0.3, 0.4) is 0 Å². The largest absolute Gasteiger partial charge is 0.389 e. The molecule has 1 heteroatoms. The highest BCUT2D eigenvalue weighted by atomic mass is 16.3. The van der Waals surface area contributed by atoms with Gasteiger partial charge >= 0.3 is 0 Å². The predicted octanol–water partition coefficient (Wildman–Crippen LogP) is 0.943. The quantitative estimate of drug-likeness (QED) is 0.510. The van der Waals surface area contributed by atoms with E-state index in [1.807, 2.05) is 0 Å². The second kappa shape index (κ2) is 1.66. The molecule has 0 aromatic heterocycles. The Morgan fingerprint density at radius 1 is 1.71 bits per heavy atom. The van der Waals surface area contributed by atoms with Gasteiger partial charge in [-0.25, -0.2) is 0 Å². The smallest absolute Gasteiger partial charge is 0.0746 e. The lowest BCUT2D eigenvalue weighted by Crippen LogP contribution is -2.02. The molecule has 1 N–H and O–H groups in total. The van der Waals surface area contributed by atoms with Gasteiger partial charge in [-0.05, 0) is 18.8 Å². The Balaban J connectivity index is 2.22. The molecule has 1 atom stereocenters. The van der Waals surface area contributed by atoms with Gasteiger partial charge in [0.05, 0.1) is 6.10 Å². The van der Waals surface area contributed by atoms with Crippen molar-refractivity contribution in [2.75, 3.05) is 0 Å². The summed E-state index contributed by atoms with van der Waals surface area (Å²) in [7, 11) is 0. The van der Waals surface area contributed by atoms with E-state index in [1.165, 1.54) is 12.8 Å². The van der Waals surface area contributed by atoms with Crippen molar-refractivity contribution in [2.24, 2.45) is 5.92 Å². The summed E-state index contributed by atoms with van der Waals surface area (Å²) >= 11 is 0. The SMILES string of the molecule is C=CC(O)C1CC1. The third-order valence-corrected chi connectivity index (χ3v) is 1.35. The Morgan fingerprint density at radius 3 is 2.43 bits per heavy atom. The van der Waals surface area contributed by atoms with Gasteiger partial charge in [-0.3, -0.25) is 0 Å². The molecule has 0 radical (unpaired) electrons. The first kappa shape index (κ1) is 4.85. The number of hydrogen-bond acceptors (Lipinski definition) is 1. The summed E-state index contributed by atoms with van der Waals surface area (Å²) in [6, 6.07) is 0. The van der Waals surface area contributed by atoms with E-state index in [2.05, 4.69) is 6.58 Å². The van der Waals surface area contributed by atoms with E-state index < -0.39 is 0 Å². The van der Waals surface area contributed by atoms with Crippen molar-refractivity contribution < 1.29 is 5.11 Å². The lowest BCUT2D eigenvalue weighted by Gasteiger charge is -1.96. The molecule has 0 aliphatic heterocycles. The van der Waals surface area contributed by atoms with E-state index >= 15 is 0 Å². The van der Waals surface area contributed by atoms with Crippen LogP contribution in [-0.2, 0) is 0 Å². The molecule has 0 aromatic rings. The number of hydrogen-bond donors (Lipinski definition) is 1. The molecule has 1 nitrogen and oxygen atoms in total. The Hall–Kier alpha value is -0.300. The highest BCUT2D eigenvalue weighted by molar-refractivity contribution is 4.91. The fourth-order valence-corrected chi connectivity index (χ4v) is 0.630. The molecule has 0 amide bonds. The topological polar surface area (TPSA) is 20.2 Å². The summed E-state index contributed by atoms with van der Waals surface area (Å²) in [4.78, 5) is 0. The molecule has 1 fully saturated rings. The van der Waals surface area contributed by atoms with Crippen LogP contribution in [0, 0.1) is 5.92 Å². The fourth-order valence-electron chi connectivity index (χ4n) is 0.630. The van der Waals surface area contributed by atoms with E-state index in [0.29, 0.717) is 5.92 Å². The minimum Gasteiger partial charge on any atom is -0.389 e. The molecule has 0 aromatic carbocycles. The van der Waals surface area contributed by atoms with Gasteiger partial charge in [-0.15, -0.1) is 6.58 Å². The van der Waals surface area contributed by atoms with Crippen LogP contribution in [0.5, 0.6) is 0 Å². The molecule has 0 bridgehead atoms. The van der Waals surface area contributed by atoms with Crippen molar-refractivity contribution in [2.45, 2.75) is 18.9 Å². The monoisotopic (exact) mass is 98.1 g/mol. The van der Waals surface area contributed by atoms with Crippen molar-refractivity contribution in [1.82, 2.24) is 0 Å². The van der Waals surface area contributed by atoms with Gasteiger partial charge in [0.15, 0.2) is 0 Å². The maximum absolute atomic E-state index is 8.88. The zero-order valence-corrected chi connectivity index (χ0v) is 4.30. The van der Waals surface area contributed by atoms with Crippen LogP contribution < -0.4 is 0 Å². The van der Waals surface area contributed by atoms with Gasteiger partial charge in [0, 0.05) is 0 Å². The molecule has 1 saturated carbocycles. The maximum Gasteiger partial charge on any atom is 0.0746 e. The van der Waals surface area contributed by atoms with Crippen molar-refractivity contribution in [3.05, 3.63) is 12.7 Å². The molecule has 0 saturated heterocycles. The molecule has 7 heavy (non-hydrogen) atoms. The molecule has 1 aliphatic carbocycles. The summed E-state index contributed by atoms with van der Waals surface area (Å²) in [5.74, 6) is 0.553. The van der Waals surface area contributed by atoms with Crippen LogP contribution in [0.15, 0.2) is 12.7 Å². The lowest BCUT2D eigenvalue weighted by molar-refractivity contribution is 0.200. The first-order valence-electron chi connectivity index (χ1n) is 2.65. The normalized spacial score (nSPS) is 24.1. The van der Waals surface area contributed by atoms with Crippen LogP contribution in [0.25, 0.3) is 0 Å². The number of aliphatic hydroxyl groups excluding tert-OH is 1. The third kappa shape index (κ3) is 1.03. The van der Waals surface area contributed by atoms with E-state index in [4.69, 9.17) is 5.11 Å². The van der Waals surface area contributed by atoms with Gasteiger partial charge in [0.25, 0.3) is 0 Å². The average molecular weight is 98.1 g/mol. The average Bonchev–Trinajstić information content (AvgIpc) is 2.44. The second-order valence-corrected chi connectivity index (χ2v) is 2.06. The van der Waals surface area contributed by atoms with Crippen LogP contribution in [0.4, 0.5) is 0 Å². The van der Waals surface area contributed by atoms with Gasteiger partial charge in [0.1, 0.15) is 0 Å². The van der Waals surface area contributed by atoms with E-state index in [9.17, 15) is 0 Å². The minimum absolute atomic E-state index is 0.222. The highest BCUT2D eigenvalue weighted by Gasteiger charge is 2.26. The Morgan fingerprint density at radius 2 is 2.29 bits per heavy atom. The minimum atomic E-state index is -0.222. The van der Waals surface area contributed by atoms with Crippen molar-refractivity contribution >= 4 is 0 Å². The van der Waals surface area contributed by atoms with Crippen LogP contribution in [0.1, 0.15) is 12.8 Å². The molecule has 0 spiro atoms. The summed E-state index contributed by atoms with van der Waals surface area (Å²) < 4.78 is 0. The maximum atomic E-state index is 8.88. The predicted molar refractivity (Wildman–Crippen MR) is 28.9 cm³/mol. The van der Waals surface area contributed by atoms with E-state index in [-0.39, 0.29) is 6.10 Å². The van der Waals surface area contributed by atoms with Crippen molar-refractivity contribution in [3.8, 4) is 0 Å². The Bertz CT molecular complexity index is 74.2. The first-order chi connectivity index (χ1) is 3.34. The van der Waals surface area contributed by atoms with Crippen LogP contribution in [-0.4, -0.2) is 11.2 Å². The fraction of sp³-hybridized carbons (Fsp3) is 0.667. The summed E-state index contributed by atoms with van der Waals surface area (Å²) in [6.45, 7) is 3.47. The molecular formula is C6H10O. The molecule has 1 aliphatic rings. The molecule has 0 heterocycles. The summed E-state index contributed by atoms with van der Waals surface area (Å²) in [6.07, 6.45) is 3.76. The van der Waals surface area contributed by atoms with Gasteiger partial charge < -0.3 is 5.11 Å². The summed E-state index contributed by atoms with van der Waals surface area (Å²) in [5, 5.41) is 8.88. The van der Waals surface area contributed by atoms with Gasteiger partial charge in [-0.2, -0.15) is 0 Å². The zero-order valence-electron chi connectivity index (χ0n) is 4.30. The second-order valence-electron chi connectivity index (χ2n) is 2.06. The molecular weight excluding hydrogens is 88.1 g/mol. The molecule has 40 valence electrons. The van der Waals surface area contributed by atoms with Crippen molar-refractivity contribution in [1.29, 1.82) is 0 Å². The summed E-state index contributed by atoms with van der Waals surface area (Å²) in [5.41, 5.74) is 0. The first-order valence-corrected chi connectivity index (χ1v) is 2.65. The zero-order chi connectivity index (χ0) is 5.28. The number of rotatable bonds is 2. The Kier molecular flexibility index (Phi) is 1.15. The molecule has 1 unspecified atom stereocenters. The van der Waals surface area contributed by atoms with Gasteiger partial charge in [0.2, 0.25) is 0 Å². The van der Waals surface area contributed by atoms with Gasteiger partial charge in [-0.1, -0.05) is 6.08 Å². The van der Waals surface area contributed by atoms with Crippen LogP contribution in [0.2, 0.25) is 0 Å². The standard InChI is InChI=1S/C6H10O/c1-2-6(7)5-3-4-5/h2,5-7H,1,3-4H2. The number of aliphatic hydroxyl groups is 1. The van der Waals surface area contributed by atoms with E-state index in [1.54, 1.807) is 6.08 Å². The van der Waals surface area contributed by atoms with Crippen molar-refractivity contribution in [3.63, 3.8) is 0 Å². The van der Waals surface area contributed by atoms with Crippen LogP contribution >= 0.6 is 0 Å².